The van der Waals surface area contributed by atoms with E-state index >= 15 is 0 Å². The number of hydrogen-bond acceptors (Lipinski definition) is 5. The van der Waals surface area contributed by atoms with Gasteiger partial charge in [0.25, 0.3) is 0 Å². The highest BCUT2D eigenvalue weighted by atomic mass is 16.6. The molecule has 1 fully saturated rings. The van der Waals surface area contributed by atoms with Crippen LogP contribution in [0, 0.1) is 11.8 Å². The summed E-state index contributed by atoms with van der Waals surface area (Å²) in [4.78, 5) is 12.2. The zero-order chi connectivity index (χ0) is 19.0. The van der Waals surface area contributed by atoms with Gasteiger partial charge in [-0.15, -0.1) is 0 Å². The monoisotopic (exact) mass is 370 g/mol. The van der Waals surface area contributed by atoms with Crippen molar-refractivity contribution in [1.82, 2.24) is 0 Å². The van der Waals surface area contributed by atoms with Crippen LogP contribution in [0.1, 0.15) is 57.1 Å². The molecule has 1 aromatic carbocycles. The molecule has 5 rings (SSSR count). The van der Waals surface area contributed by atoms with Gasteiger partial charge in [-0.3, -0.25) is 4.79 Å². The number of carbonyl (C=O) groups is 1. The van der Waals surface area contributed by atoms with Gasteiger partial charge in [0, 0.05) is 12.0 Å². The summed E-state index contributed by atoms with van der Waals surface area (Å²) in [5.41, 5.74) is 0.493. The lowest BCUT2D eigenvalue weighted by Crippen LogP contribution is -2.69. The Morgan fingerprint density at radius 3 is 3.00 bits per heavy atom. The summed E-state index contributed by atoms with van der Waals surface area (Å²) in [5.74, 6) is 1.31. The number of esters is 1. The SMILES string of the molecule is CCCC(=O)OC1=CC[C@@]2(O)[C@H]3Cc4ccc(O)c5c4[C@@]2(CCC3C)[C@H]1O5. The molecule has 4 aliphatic rings. The second-order valence-corrected chi connectivity index (χ2v) is 8.70. The maximum Gasteiger partial charge on any atom is 0.310 e. The van der Waals surface area contributed by atoms with Gasteiger partial charge in [-0.05, 0) is 61.6 Å². The van der Waals surface area contributed by atoms with Gasteiger partial charge >= 0.3 is 5.97 Å². The van der Waals surface area contributed by atoms with Crippen molar-refractivity contribution in [2.45, 2.75) is 69.5 Å². The molecular weight excluding hydrogens is 344 g/mol. The molecule has 0 radical (unpaired) electrons. The summed E-state index contributed by atoms with van der Waals surface area (Å²) in [6.45, 7) is 4.15. The number of aliphatic hydroxyl groups is 1. The molecule has 144 valence electrons. The van der Waals surface area contributed by atoms with E-state index in [4.69, 9.17) is 9.47 Å². The van der Waals surface area contributed by atoms with Gasteiger partial charge in [0.2, 0.25) is 0 Å². The molecule has 1 unspecified atom stereocenters. The molecule has 1 aromatic rings. The first kappa shape index (κ1) is 17.1. The highest BCUT2D eigenvalue weighted by Crippen LogP contribution is 2.68. The second-order valence-electron chi connectivity index (χ2n) is 8.70. The largest absolute Gasteiger partial charge is 0.504 e. The van der Waals surface area contributed by atoms with Crippen LogP contribution in [-0.2, 0) is 21.4 Å². The van der Waals surface area contributed by atoms with Crippen molar-refractivity contribution in [3.63, 3.8) is 0 Å². The zero-order valence-electron chi connectivity index (χ0n) is 15.8. The van der Waals surface area contributed by atoms with Crippen molar-refractivity contribution in [3.8, 4) is 11.5 Å². The second kappa shape index (κ2) is 5.51. The molecule has 5 atom stereocenters. The first-order valence-electron chi connectivity index (χ1n) is 10.1. The normalized spacial score (nSPS) is 37.9. The van der Waals surface area contributed by atoms with E-state index in [9.17, 15) is 15.0 Å². The van der Waals surface area contributed by atoms with E-state index in [1.807, 2.05) is 19.1 Å². The van der Waals surface area contributed by atoms with Crippen LogP contribution >= 0.6 is 0 Å². The van der Waals surface area contributed by atoms with Gasteiger partial charge in [0.1, 0.15) is 5.76 Å². The van der Waals surface area contributed by atoms with Crippen LogP contribution in [0.25, 0.3) is 0 Å². The Bertz CT molecular complexity index is 859. The van der Waals surface area contributed by atoms with Crippen LogP contribution in [0.15, 0.2) is 24.0 Å². The Morgan fingerprint density at radius 1 is 1.41 bits per heavy atom. The lowest BCUT2D eigenvalue weighted by atomic mass is 9.45. The minimum Gasteiger partial charge on any atom is -0.504 e. The number of aromatic hydroxyl groups is 1. The summed E-state index contributed by atoms with van der Waals surface area (Å²) in [5, 5.41) is 22.4. The smallest absolute Gasteiger partial charge is 0.310 e. The number of phenolic OH excluding ortho intramolecular Hbond substituents is 1. The quantitative estimate of drug-likeness (QED) is 0.798. The van der Waals surface area contributed by atoms with Crippen LogP contribution in [0.4, 0.5) is 0 Å². The van der Waals surface area contributed by atoms with E-state index in [-0.39, 0.29) is 17.6 Å². The Balaban J connectivity index is 1.69. The third kappa shape index (κ3) is 1.96. The molecule has 1 aliphatic heterocycles. The number of rotatable bonds is 3. The van der Waals surface area contributed by atoms with E-state index < -0.39 is 17.1 Å². The molecule has 5 heteroatoms. The van der Waals surface area contributed by atoms with Crippen molar-refractivity contribution in [1.29, 1.82) is 0 Å². The van der Waals surface area contributed by atoms with Crippen molar-refractivity contribution in [2.24, 2.45) is 11.8 Å². The average molecular weight is 370 g/mol. The first-order valence-corrected chi connectivity index (χ1v) is 10.1. The van der Waals surface area contributed by atoms with Gasteiger partial charge in [-0.2, -0.15) is 0 Å². The molecule has 1 saturated carbocycles. The summed E-state index contributed by atoms with van der Waals surface area (Å²) in [6.07, 6.45) is 5.34. The number of benzene rings is 1. The molecule has 0 amide bonds. The number of carbonyl (C=O) groups excluding carboxylic acids is 1. The molecule has 0 aromatic heterocycles. The van der Waals surface area contributed by atoms with E-state index in [0.717, 1.165) is 36.8 Å². The van der Waals surface area contributed by atoms with Gasteiger partial charge in [0.15, 0.2) is 17.6 Å². The van der Waals surface area contributed by atoms with Crippen molar-refractivity contribution < 1.29 is 24.5 Å². The number of phenols is 1. The Labute approximate surface area is 159 Å². The van der Waals surface area contributed by atoms with E-state index in [0.29, 0.717) is 30.3 Å². The zero-order valence-corrected chi connectivity index (χ0v) is 15.8. The lowest BCUT2D eigenvalue weighted by molar-refractivity contribution is -0.170. The van der Waals surface area contributed by atoms with Crippen molar-refractivity contribution in [3.05, 3.63) is 35.1 Å². The summed E-state index contributed by atoms with van der Waals surface area (Å²) in [7, 11) is 0. The Hall–Kier alpha value is -2.01. The third-order valence-electron chi connectivity index (χ3n) is 7.42. The van der Waals surface area contributed by atoms with E-state index in [1.54, 1.807) is 6.07 Å². The fourth-order valence-corrected chi connectivity index (χ4v) is 6.20. The average Bonchev–Trinajstić information content (AvgIpc) is 2.98. The predicted molar refractivity (Wildman–Crippen MR) is 98.4 cm³/mol. The molecule has 1 heterocycles. The highest BCUT2D eigenvalue weighted by molar-refractivity contribution is 5.71. The van der Waals surface area contributed by atoms with Crippen molar-refractivity contribution >= 4 is 5.97 Å². The molecular formula is C22H26O5. The maximum absolute atomic E-state index is 12.2. The summed E-state index contributed by atoms with van der Waals surface area (Å²) in [6, 6.07) is 3.65. The van der Waals surface area contributed by atoms with Crippen LogP contribution in [-0.4, -0.2) is 27.9 Å². The fourth-order valence-electron chi connectivity index (χ4n) is 6.20. The van der Waals surface area contributed by atoms with Crippen LogP contribution in [0.5, 0.6) is 11.5 Å². The van der Waals surface area contributed by atoms with Gasteiger partial charge in [-0.25, -0.2) is 0 Å². The maximum atomic E-state index is 12.2. The van der Waals surface area contributed by atoms with Crippen molar-refractivity contribution in [2.75, 3.05) is 0 Å². The number of ether oxygens (including phenoxy) is 2. The summed E-state index contributed by atoms with van der Waals surface area (Å²) >= 11 is 0. The molecule has 1 spiro atoms. The van der Waals surface area contributed by atoms with Crippen LogP contribution in [0.2, 0.25) is 0 Å². The number of hydrogen-bond donors (Lipinski definition) is 2. The van der Waals surface area contributed by atoms with E-state index in [2.05, 4.69) is 6.92 Å². The Kier molecular flexibility index (Phi) is 3.49. The van der Waals surface area contributed by atoms with E-state index in [1.165, 1.54) is 0 Å². The summed E-state index contributed by atoms with van der Waals surface area (Å²) < 4.78 is 11.9. The topological polar surface area (TPSA) is 76.0 Å². The molecule has 0 saturated heterocycles. The van der Waals surface area contributed by atoms with Crippen LogP contribution < -0.4 is 4.74 Å². The molecule has 2 N–H and O–H groups in total. The third-order valence-corrected chi connectivity index (χ3v) is 7.42. The van der Waals surface area contributed by atoms with Gasteiger partial charge in [-0.1, -0.05) is 19.9 Å². The first-order chi connectivity index (χ1) is 12.9. The molecule has 27 heavy (non-hydrogen) atoms. The molecule has 2 bridgehead atoms. The van der Waals surface area contributed by atoms with Gasteiger partial charge in [0.05, 0.1) is 11.0 Å². The Morgan fingerprint density at radius 2 is 2.22 bits per heavy atom. The molecule has 5 nitrogen and oxygen atoms in total. The minimum atomic E-state index is -0.942. The predicted octanol–water partition coefficient (Wildman–Crippen LogP) is 3.36. The highest BCUT2D eigenvalue weighted by Gasteiger charge is 2.71. The standard InChI is InChI=1S/C22H26O5/c1-3-4-17(24)26-16-8-10-22(25)14-11-13-5-6-15(23)19-18(13)21(22,20(16)27-19)9-7-12(14)2/h5-6,8,12,14,20,23,25H,3-4,7,9-11H2,1-2H3/t12?,14-,20-,21-,22+/m0/s1. The lowest BCUT2D eigenvalue weighted by Gasteiger charge is -2.61. The van der Waals surface area contributed by atoms with Crippen LogP contribution in [0.3, 0.4) is 0 Å². The minimum absolute atomic E-state index is 0.0937. The fraction of sp³-hybridized carbons (Fsp3) is 0.591. The molecule has 3 aliphatic carbocycles. The van der Waals surface area contributed by atoms with Gasteiger partial charge < -0.3 is 19.7 Å².